The summed E-state index contributed by atoms with van der Waals surface area (Å²) in [7, 11) is 0. The van der Waals surface area contributed by atoms with Crippen molar-refractivity contribution in [2.75, 3.05) is 5.32 Å². The number of aromatic amines is 1. The molecule has 3 heterocycles. The van der Waals surface area contributed by atoms with Gasteiger partial charge in [-0.2, -0.15) is 5.10 Å². The predicted molar refractivity (Wildman–Crippen MR) is 130 cm³/mol. The summed E-state index contributed by atoms with van der Waals surface area (Å²) >= 11 is 14.2. The van der Waals surface area contributed by atoms with Crippen LogP contribution in [0.5, 0.6) is 0 Å². The molecule has 0 atom stereocenters. The normalized spacial score (nSPS) is 11.2. The maximum Gasteiger partial charge on any atom is 0.265 e. The Hall–Kier alpha value is -2.46. The predicted octanol–water partition coefficient (Wildman–Crippen LogP) is 7.38. The lowest BCUT2D eigenvalue weighted by atomic mass is 10.1. The van der Waals surface area contributed by atoms with Crippen LogP contribution in [0.15, 0.2) is 67.4 Å². The molecule has 1 amide bonds. The van der Waals surface area contributed by atoms with Gasteiger partial charge in [0.1, 0.15) is 5.52 Å². The van der Waals surface area contributed by atoms with Gasteiger partial charge < -0.3 is 9.73 Å². The van der Waals surface area contributed by atoms with Gasteiger partial charge in [0.2, 0.25) is 5.89 Å². The maximum atomic E-state index is 12.5. The molecule has 0 bridgehead atoms. The number of fused-ring (bicyclic) bond motifs is 1. The van der Waals surface area contributed by atoms with Crippen LogP contribution in [0.1, 0.15) is 9.67 Å². The molecule has 31 heavy (non-hydrogen) atoms. The smallest absolute Gasteiger partial charge is 0.265 e. The quantitative estimate of drug-likeness (QED) is 0.233. The van der Waals surface area contributed by atoms with Crippen LogP contribution in [0.2, 0.25) is 5.02 Å². The summed E-state index contributed by atoms with van der Waals surface area (Å²) < 4.78 is 7.60. The Morgan fingerprint density at radius 1 is 1.13 bits per heavy atom. The van der Waals surface area contributed by atoms with Crippen molar-refractivity contribution in [3.63, 3.8) is 0 Å². The highest BCUT2D eigenvalue weighted by Gasteiger charge is 2.17. The van der Waals surface area contributed by atoms with Gasteiger partial charge in [0, 0.05) is 20.7 Å². The number of carbonyl (C=O) groups excluding carboxylic acids is 1. The fourth-order valence-corrected chi connectivity index (χ4v) is 5.15. The first-order valence-electron chi connectivity index (χ1n) is 8.94. The molecule has 3 aromatic heterocycles. The third-order valence-corrected chi connectivity index (χ3v) is 8.01. The average Bonchev–Trinajstić information content (AvgIpc) is 3.47. The third kappa shape index (κ3) is 4.06. The van der Waals surface area contributed by atoms with E-state index in [0.717, 1.165) is 25.1 Å². The molecule has 0 unspecified atom stereocenters. The summed E-state index contributed by atoms with van der Waals surface area (Å²) in [5.74, 6) is 0.281. The van der Waals surface area contributed by atoms with Crippen LogP contribution in [0.3, 0.4) is 0 Å². The number of carbonyl (C=O) groups is 1. The van der Waals surface area contributed by atoms with Crippen molar-refractivity contribution < 1.29 is 9.21 Å². The summed E-state index contributed by atoms with van der Waals surface area (Å²) in [6.07, 6.45) is 1.67. The van der Waals surface area contributed by atoms with Gasteiger partial charge in [-0.25, -0.2) is 4.98 Å². The Kier molecular flexibility index (Phi) is 5.43. The third-order valence-electron chi connectivity index (χ3n) is 4.52. The summed E-state index contributed by atoms with van der Waals surface area (Å²) in [4.78, 5) is 17.6. The monoisotopic (exact) mass is 576 g/mol. The highest BCUT2D eigenvalue weighted by molar-refractivity contribution is 9.13. The number of oxazole rings is 1. The standard InChI is InChI=1S/C21H11Br2ClN4O2S/c22-14-8-17(31-19(14)23)20(29)26-12-4-1-10(2-5-12)18-13(9-25-28-18)21-27-15-7-11(24)3-6-16(15)30-21/h1-9H,(H,25,28)(H,26,29). The van der Waals surface area contributed by atoms with E-state index < -0.39 is 0 Å². The molecule has 10 heteroatoms. The fourth-order valence-electron chi connectivity index (χ4n) is 3.06. The minimum atomic E-state index is -0.170. The van der Waals surface area contributed by atoms with Crippen LogP contribution in [0.4, 0.5) is 5.69 Å². The van der Waals surface area contributed by atoms with E-state index >= 15 is 0 Å². The minimum absolute atomic E-state index is 0.170. The molecule has 5 aromatic rings. The van der Waals surface area contributed by atoms with E-state index in [0.29, 0.717) is 32.6 Å². The summed E-state index contributed by atoms with van der Waals surface area (Å²) in [6.45, 7) is 0. The molecule has 0 fully saturated rings. The van der Waals surface area contributed by atoms with E-state index in [9.17, 15) is 4.79 Å². The van der Waals surface area contributed by atoms with E-state index in [1.165, 1.54) is 11.3 Å². The maximum absolute atomic E-state index is 12.5. The molecule has 5 rings (SSSR count). The minimum Gasteiger partial charge on any atom is -0.436 e. The van der Waals surface area contributed by atoms with Crippen LogP contribution in [-0.4, -0.2) is 21.1 Å². The lowest BCUT2D eigenvalue weighted by Gasteiger charge is -2.05. The van der Waals surface area contributed by atoms with Crippen LogP contribution in [0, 0.1) is 0 Å². The van der Waals surface area contributed by atoms with Gasteiger partial charge in [-0.1, -0.05) is 23.7 Å². The number of nitrogens with one attached hydrogen (secondary N) is 2. The molecule has 0 saturated carbocycles. The summed E-state index contributed by atoms with van der Waals surface area (Å²) in [5, 5.41) is 10.7. The molecular formula is C21H11Br2ClN4O2S. The number of rotatable bonds is 4. The molecule has 0 aliphatic heterocycles. The largest absolute Gasteiger partial charge is 0.436 e. The van der Waals surface area contributed by atoms with Crippen LogP contribution in [0.25, 0.3) is 33.8 Å². The molecule has 6 nitrogen and oxygen atoms in total. The number of halogens is 3. The zero-order chi connectivity index (χ0) is 21.5. The second kappa shape index (κ2) is 8.23. The van der Waals surface area contributed by atoms with Crippen molar-refractivity contribution >= 4 is 77.5 Å². The highest BCUT2D eigenvalue weighted by Crippen LogP contribution is 2.34. The first-order valence-corrected chi connectivity index (χ1v) is 11.7. The van der Waals surface area contributed by atoms with Crippen molar-refractivity contribution in [2.45, 2.75) is 0 Å². The first kappa shape index (κ1) is 20.4. The fraction of sp³-hybridized carbons (Fsp3) is 0. The van der Waals surface area contributed by atoms with Gasteiger partial charge in [-0.05, 0) is 68.3 Å². The average molecular weight is 579 g/mol. The highest BCUT2D eigenvalue weighted by atomic mass is 79.9. The van der Waals surface area contributed by atoms with Crippen molar-refractivity contribution in [2.24, 2.45) is 0 Å². The Balaban J connectivity index is 1.40. The van der Waals surface area contributed by atoms with E-state index in [1.807, 2.05) is 24.3 Å². The molecule has 0 aliphatic rings. The summed E-state index contributed by atoms with van der Waals surface area (Å²) in [6, 6.07) is 14.5. The number of H-pyrrole nitrogens is 1. The van der Waals surface area contributed by atoms with Gasteiger partial charge in [-0.15, -0.1) is 11.3 Å². The van der Waals surface area contributed by atoms with Crippen LogP contribution in [-0.2, 0) is 0 Å². The van der Waals surface area contributed by atoms with Gasteiger partial charge in [0.25, 0.3) is 5.91 Å². The van der Waals surface area contributed by atoms with Crippen molar-refractivity contribution in [3.05, 3.63) is 72.9 Å². The topological polar surface area (TPSA) is 83.8 Å². The molecule has 0 radical (unpaired) electrons. The van der Waals surface area contributed by atoms with Gasteiger partial charge in [0.05, 0.1) is 26.1 Å². The van der Waals surface area contributed by atoms with Gasteiger partial charge >= 0.3 is 0 Å². The molecule has 0 spiro atoms. The Morgan fingerprint density at radius 3 is 2.68 bits per heavy atom. The number of aromatic nitrogens is 3. The number of anilines is 1. The van der Waals surface area contributed by atoms with Gasteiger partial charge in [-0.3, -0.25) is 9.89 Å². The Labute approximate surface area is 201 Å². The second-order valence-corrected chi connectivity index (χ2v) is 10.2. The van der Waals surface area contributed by atoms with Crippen LogP contribution < -0.4 is 5.32 Å². The Bertz CT molecular complexity index is 1410. The van der Waals surface area contributed by atoms with Gasteiger partial charge in [0.15, 0.2) is 5.58 Å². The zero-order valence-electron chi connectivity index (χ0n) is 15.4. The zero-order valence-corrected chi connectivity index (χ0v) is 20.2. The van der Waals surface area contributed by atoms with Crippen molar-refractivity contribution in [3.8, 4) is 22.7 Å². The Morgan fingerprint density at radius 2 is 1.94 bits per heavy atom. The molecule has 0 saturated heterocycles. The second-order valence-electron chi connectivity index (χ2n) is 6.55. The number of hydrogen-bond acceptors (Lipinski definition) is 5. The van der Waals surface area contributed by atoms with E-state index in [1.54, 1.807) is 30.5 Å². The van der Waals surface area contributed by atoms with Crippen LogP contribution >= 0.6 is 54.8 Å². The number of nitrogens with zero attached hydrogens (tertiary/aromatic N) is 2. The number of amides is 1. The first-order chi connectivity index (χ1) is 15.0. The SMILES string of the molecule is O=C(Nc1ccc(-c2[nH]ncc2-c2nc3cc(Cl)ccc3o2)cc1)c1cc(Br)c(Br)s1. The molecular weight excluding hydrogens is 568 g/mol. The number of hydrogen-bond donors (Lipinski definition) is 2. The number of benzene rings is 2. The number of thiophene rings is 1. The van der Waals surface area contributed by atoms with E-state index in [-0.39, 0.29) is 5.91 Å². The van der Waals surface area contributed by atoms with E-state index in [2.05, 4.69) is 52.4 Å². The lowest BCUT2D eigenvalue weighted by molar-refractivity contribution is 0.103. The van der Waals surface area contributed by atoms with Crippen molar-refractivity contribution in [1.82, 2.24) is 15.2 Å². The summed E-state index contributed by atoms with van der Waals surface area (Å²) in [5.41, 5.74) is 4.40. The molecule has 0 aliphatic carbocycles. The van der Waals surface area contributed by atoms with E-state index in [4.69, 9.17) is 16.0 Å². The van der Waals surface area contributed by atoms with Crippen molar-refractivity contribution in [1.29, 1.82) is 0 Å². The lowest BCUT2D eigenvalue weighted by Crippen LogP contribution is -2.09. The molecule has 2 aromatic carbocycles. The molecule has 2 N–H and O–H groups in total. The molecule has 154 valence electrons.